The molecule has 1 heterocycles. The summed E-state index contributed by atoms with van der Waals surface area (Å²) in [6.07, 6.45) is 0. The van der Waals surface area contributed by atoms with E-state index in [9.17, 15) is 13.2 Å². The fourth-order valence-electron chi connectivity index (χ4n) is 3.33. The molecule has 4 rings (SSSR count). The summed E-state index contributed by atoms with van der Waals surface area (Å²) in [5.41, 5.74) is 5.04. The van der Waals surface area contributed by atoms with Crippen LogP contribution < -0.4 is 10.0 Å². The average Bonchev–Trinajstić information content (AvgIpc) is 3.25. The molecule has 1 aromatic heterocycles. The zero-order valence-corrected chi connectivity index (χ0v) is 20.8. The van der Waals surface area contributed by atoms with E-state index < -0.39 is 15.9 Å². The van der Waals surface area contributed by atoms with Crippen molar-refractivity contribution in [2.24, 2.45) is 0 Å². The Morgan fingerprint density at radius 3 is 2.24 bits per heavy atom. The largest absolute Gasteiger partial charge is 0.296 e. The highest BCUT2D eigenvalue weighted by atomic mass is 32.2. The standard InChI is InChI=1S/C25H24N4O3S2/c1-15-6-10-19(11-7-15)24-27-28-25(33-24)26-23(30)20-12-9-18(4)22(14-20)34(31,32)29-21-13-16(2)5-8-17(21)3/h5-14,29H,1-4H3,(H,26,28,30). The van der Waals surface area contributed by atoms with Gasteiger partial charge in [-0.2, -0.15) is 0 Å². The van der Waals surface area contributed by atoms with Crippen LogP contribution in [-0.4, -0.2) is 24.5 Å². The van der Waals surface area contributed by atoms with Gasteiger partial charge in [-0.3, -0.25) is 14.8 Å². The molecule has 0 radical (unpaired) electrons. The molecule has 0 unspecified atom stereocenters. The van der Waals surface area contributed by atoms with E-state index in [1.54, 1.807) is 25.1 Å². The Balaban J connectivity index is 1.56. The van der Waals surface area contributed by atoms with Crippen LogP contribution in [0.15, 0.2) is 65.6 Å². The van der Waals surface area contributed by atoms with Crippen LogP contribution in [0.25, 0.3) is 10.6 Å². The summed E-state index contributed by atoms with van der Waals surface area (Å²) < 4.78 is 28.9. The van der Waals surface area contributed by atoms with E-state index >= 15 is 0 Å². The van der Waals surface area contributed by atoms with Crippen molar-refractivity contribution < 1.29 is 13.2 Å². The van der Waals surface area contributed by atoms with Gasteiger partial charge in [0.2, 0.25) is 5.13 Å². The van der Waals surface area contributed by atoms with Gasteiger partial charge >= 0.3 is 0 Å². The number of hydrogen-bond donors (Lipinski definition) is 2. The molecule has 0 aliphatic carbocycles. The lowest BCUT2D eigenvalue weighted by Crippen LogP contribution is -2.17. The molecule has 0 fully saturated rings. The predicted octanol–water partition coefficient (Wildman–Crippen LogP) is 5.49. The second-order valence-electron chi connectivity index (χ2n) is 8.14. The first-order valence-electron chi connectivity index (χ1n) is 10.5. The summed E-state index contributed by atoms with van der Waals surface area (Å²) in [6, 6.07) is 18.0. The Morgan fingerprint density at radius 1 is 0.824 bits per heavy atom. The molecule has 4 aromatic rings. The minimum absolute atomic E-state index is 0.0404. The highest BCUT2D eigenvalue weighted by Gasteiger charge is 2.21. The number of carbonyl (C=O) groups excluding carboxylic acids is 1. The molecule has 2 N–H and O–H groups in total. The second kappa shape index (κ2) is 9.36. The van der Waals surface area contributed by atoms with Gasteiger partial charge in [0.15, 0.2) is 0 Å². The normalized spacial score (nSPS) is 11.3. The first-order valence-corrected chi connectivity index (χ1v) is 12.8. The van der Waals surface area contributed by atoms with Crippen molar-refractivity contribution >= 4 is 38.1 Å². The number of carbonyl (C=O) groups is 1. The molecular formula is C25H24N4O3S2. The third kappa shape index (κ3) is 5.16. The first-order chi connectivity index (χ1) is 16.1. The van der Waals surface area contributed by atoms with Gasteiger partial charge in [-0.1, -0.05) is 59.4 Å². The number of anilines is 2. The number of aryl methyl sites for hydroxylation is 4. The van der Waals surface area contributed by atoms with Crippen molar-refractivity contribution in [2.75, 3.05) is 10.0 Å². The maximum Gasteiger partial charge on any atom is 0.262 e. The number of nitrogens with zero attached hydrogens (tertiary/aromatic N) is 2. The van der Waals surface area contributed by atoms with Gasteiger partial charge in [-0.25, -0.2) is 8.42 Å². The van der Waals surface area contributed by atoms with Gasteiger partial charge in [0.05, 0.1) is 10.6 Å². The Kier molecular flexibility index (Phi) is 6.49. The summed E-state index contributed by atoms with van der Waals surface area (Å²) in [5.74, 6) is -0.463. The summed E-state index contributed by atoms with van der Waals surface area (Å²) >= 11 is 1.25. The Bertz CT molecular complexity index is 1480. The van der Waals surface area contributed by atoms with Crippen molar-refractivity contribution in [3.8, 4) is 10.6 Å². The van der Waals surface area contributed by atoms with Crippen LogP contribution in [-0.2, 0) is 10.0 Å². The van der Waals surface area contributed by atoms with Crippen LogP contribution in [0.3, 0.4) is 0 Å². The minimum Gasteiger partial charge on any atom is -0.296 e. The lowest BCUT2D eigenvalue weighted by molar-refractivity contribution is 0.102. The number of benzene rings is 3. The molecule has 0 bridgehead atoms. The summed E-state index contributed by atoms with van der Waals surface area (Å²) in [4.78, 5) is 12.9. The zero-order valence-electron chi connectivity index (χ0n) is 19.2. The van der Waals surface area contributed by atoms with Crippen molar-refractivity contribution in [2.45, 2.75) is 32.6 Å². The van der Waals surface area contributed by atoms with Crippen molar-refractivity contribution in [3.63, 3.8) is 0 Å². The molecule has 0 aliphatic rings. The van der Waals surface area contributed by atoms with Crippen LogP contribution in [0.4, 0.5) is 10.8 Å². The summed E-state index contributed by atoms with van der Waals surface area (Å²) in [6.45, 7) is 7.42. The van der Waals surface area contributed by atoms with Gasteiger partial charge in [-0.05, 0) is 62.6 Å². The summed E-state index contributed by atoms with van der Waals surface area (Å²) in [5, 5.41) is 11.9. The second-order valence-corrected chi connectivity index (χ2v) is 10.8. The lowest BCUT2D eigenvalue weighted by Gasteiger charge is -2.14. The number of hydrogen-bond acceptors (Lipinski definition) is 6. The van der Waals surface area contributed by atoms with Gasteiger partial charge < -0.3 is 0 Å². The molecule has 0 atom stereocenters. The van der Waals surface area contributed by atoms with Crippen LogP contribution in [0.5, 0.6) is 0 Å². The molecule has 1 amide bonds. The number of rotatable bonds is 6. The molecule has 174 valence electrons. The minimum atomic E-state index is -3.90. The highest BCUT2D eigenvalue weighted by Crippen LogP contribution is 2.28. The SMILES string of the molecule is Cc1ccc(-c2nnc(NC(=O)c3ccc(C)c(S(=O)(=O)Nc4cc(C)ccc4C)c3)s2)cc1. The molecule has 0 saturated heterocycles. The van der Waals surface area contributed by atoms with Gasteiger partial charge in [0.25, 0.3) is 15.9 Å². The van der Waals surface area contributed by atoms with Gasteiger partial charge in [-0.15, -0.1) is 10.2 Å². The van der Waals surface area contributed by atoms with Crippen LogP contribution in [0, 0.1) is 27.7 Å². The zero-order chi connectivity index (χ0) is 24.5. The van der Waals surface area contributed by atoms with E-state index in [-0.39, 0.29) is 10.5 Å². The fraction of sp³-hybridized carbons (Fsp3) is 0.160. The highest BCUT2D eigenvalue weighted by molar-refractivity contribution is 7.92. The van der Waals surface area contributed by atoms with Crippen molar-refractivity contribution in [1.82, 2.24) is 10.2 Å². The third-order valence-corrected chi connectivity index (χ3v) is 7.72. The van der Waals surface area contributed by atoms with Crippen molar-refractivity contribution in [1.29, 1.82) is 0 Å². The molecule has 0 aliphatic heterocycles. The van der Waals surface area contributed by atoms with Crippen LogP contribution in [0.1, 0.15) is 32.6 Å². The third-order valence-electron chi connectivity index (χ3n) is 5.32. The van der Waals surface area contributed by atoms with E-state index in [0.29, 0.717) is 21.4 Å². The molecule has 0 spiro atoms. The maximum absolute atomic E-state index is 13.1. The number of amides is 1. The Morgan fingerprint density at radius 2 is 1.50 bits per heavy atom. The molecule has 0 saturated carbocycles. The number of aromatic nitrogens is 2. The van der Waals surface area contributed by atoms with E-state index in [4.69, 9.17) is 0 Å². The number of sulfonamides is 1. The Hall–Kier alpha value is -3.56. The van der Waals surface area contributed by atoms with E-state index in [2.05, 4.69) is 20.2 Å². The Labute approximate surface area is 202 Å². The molecule has 9 heteroatoms. The first kappa shape index (κ1) is 23.6. The van der Waals surface area contributed by atoms with Crippen molar-refractivity contribution in [3.05, 3.63) is 88.5 Å². The average molecular weight is 493 g/mol. The molecular weight excluding hydrogens is 468 g/mol. The maximum atomic E-state index is 13.1. The van der Waals surface area contributed by atoms with Gasteiger partial charge in [0.1, 0.15) is 5.01 Å². The molecule has 7 nitrogen and oxygen atoms in total. The molecule has 3 aromatic carbocycles. The van der Waals surface area contributed by atoms with E-state index in [1.165, 1.54) is 17.4 Å². The predicted molar refractivity (Wildman–Crippen MR) is 136 cm³/mol. The lowest BCUT2D eigenvalue weighted by atomic mass is 10.1. The van der Waals surface area contributed by atoms with Crippen LogP contribution >= 0.6 is 11.3 Å². The topological polar surface area (TPSA) is 101 Å². The monoisotopic (exact) mass is 492 g/mol. The van der Waals surface area contributed by atoms with E-state index in [0.717, 1.165) is 22.3 Å². The van der Waals surface area contributed by atoms with Gasteiger partial charge in [0, 0.05) is 11.1 Å². The quantitative estimate of drug-likeness (QED) is 0.371. The fourth-order valence-corrected chi connectivity index (χ4v) is 5.47. The van der Waals surface area contributed by atoms with E-state index in [1.807, 2.05) is 57.2 Å². The number of nitrogens with one attached hydrogen (secondary N) is 2. The molecule has 34 heavy (non-hydrogen) atoms. The van der Waals surface area contributed by atoms with Crippen LogP contribution in [0.2, 0.25) is 0 Å². The smallest absolute Gasteiger partial charge is 0.262 e. The summed E-state index contributed by atoms with van der Waals surface area (Å²) in [7, 11) is -3.90.